The maximum Gasteiger partial charge on any atom is 0.0703 e. The van der Waals surface area contributed by atoms with Gasteiger partial charge in [0.25, 0.3) is 0 Å². The van der Waals surface area contributed by atoms with Crippen LogP contribution in [0.4, 0.5) is 0 Å². The molecule has 0 aromatic rings. The van der Waals surface area contributed by atoms with Crippen molar-refractivity contribution in [1.29, 1.82) is 0 Å². The van der Waals surface area contributed by atoms with Gasteiger partial charge in [-0.15, -0.1) is 0 Å². The van der Waals surface area contributed by atoms with Gasteiger partial charge >= 0.3 is 0 Å². The molecule has 0 spiro atoms. The lowest BCUT2D eigenvalue weighted by Crippen LogP contribution is -2.12. The summed E-state index contributed by atoms with van der Waals surface area (Å²) in [6.45, 7) is 9.10. The van der Waals surface area contributed by atoms with Crippen molar-refractivity contribution in [3.8, 4) is 0 Å². The molecule has 1 fully saturated rings. The molecular formula is C10H19B. The molecule has 0 heterocycles. The molecule has 0 aliphatic heterocycles. The van der Waals surface area contributed by atoms with Gasteiger partial charge in [-0.25, -0.2) is 0 Å². The van der Waals surface area contributed by atoms with Crippen LogP contribution >= 0.6 is 0 Å². The van der Waals surface area contributed by atoms with E-state index in [1.807, 2.05) is 0 Å². The highest BCUT2D eigenvalue weighted by atomic mass is 14.6. The molecule has 1 saturated carbocycles. The second-order valence-electron chi connectivity index (χ2n) is 4.69. The fraction of sp³-hybridized carbons (Fsp3) is 1.00. The standard InChI is InChI=1S/C10H19B/c1-5-6-9(3)7-10(9,4)8(2)11/h8H,5-7H2,1-4H3. The zero-order valence-corrected chi connectivity index (χ0v) is 8.28. The van der Waals surface area contributed by atoms with Gasteiger partial charge in [-0.05, 0) is 23.7 Å². The maximum atomic E-state index is 5.94. The fourth-order valence-electron chi connectivity index (χ4n) is 2.40. The number of rotatable bonds is 3. The third-order valence-electron chi connectivity index (χ3n) is 3.82. The molecule has 0 amide bonds. The Morgan fingerprint density at radius 3 is 2.27 bits per heavy atom. The average Bonchev–Trinajstić information content (AvgIpc) is 2.38. The van der Waals surface area contributed by atoms with Crippen molar-refractivity contribution in [3.63, 3.8) is 0 Å². The summed E-state index contributed by atoms with van der Waals surface area (Å²) < 4.78 is 0. The Kier molecular flexibility index (Phi) is 2.11. The van der Waals surface area contributed by atoms with Crippen LogP contribution in [0.1, 0.15) is 47.0 Å². The molecule has 2 radical (unpaired) electrons. The van der Waals surface area contributed by atoms with Crippen molar-refractivity contribution in [2.75, 3.05) is 0 Å². The van der Waals surface area contributed by atoms with Gasteiger partial charge in [0, 0.05) is 0 Å². The van der Waals surface area contributed by atoms with Gasteiger partial charge in [-0.1, -0.05) is 39.9 Å². The normalized spacial score (nSPS) is 45.5. The highest BCUT2D eigenvalue weighted by Crippen LogP contribution is 2.70. The smallest absolute Gasteiger partial charge is 0.0703 e. The van der Waals surface area contributed by atoms with Crippen LogP contribution in [0.15, 0.2) is 0 Å². The Labute approximate surface area is 72.2 Å². The highest BCUT2D eigenvalue weighted by Gasteiger charge is 2.60. The predicted octanol–water partition coefficient (Wildman–Crippen LogP) is 3.18. The van der Waals surface area contributed by atoms with Gasteiger partial charge in [0.1, 0.15) is 0 Å². The minimum absolute atomic E-state index is 0.360. The van der Waals surface area contributed by atoms with Gasteiger partial charge in [-0.3, -0.25) is 0 Å². The van der Waals surface area contributed by atoms with E-state index in [2.05, 4.69) is 27.7 Å². The first-order valence-electron chi connectivity index (χ1n) is 4.72. The van der Waals surface area contributed by atoms with Crippen molar-refractivity contribution in [3.05, 3.63) is 0 Å². The summed E-state index contributed by atoms with van der Waals surface area (Å²) in [6.07, 6.45) is 3.95. The van der Waals surface area contributed by atoms with E-state index in [-0.39, 0.29) is 0 Å². The van der Waals surface area contributed by atoms with Gasteiger partial charge in [0.05, 0.1) is 7.85 Å². The second kappa shape index (κ2) is 2.53. The molecule has 3 atom stereocenters. The van der Waals surface area contributed by atoms with E-state index in [0.29, 0.717) is 16.6 Å². The summed E-state index contributed by atoms with van der Waals surface area (Å²) in [5, 5.41) is 0. The lowest BCUT2D eigenvalue weighted by molar-refractivity contribution is 0.353. The minimum Gasteiger partial charge on any atom is -0.0743 e. The summed E-state index contributed by atoms with van der Waals surface area (Å²) in [6, 6.07) is 0. The Morgan fingerprint density at radius 1 is 1.45 bits per heavy atom. The van der Waals surface area contributed by atoms with Crippen molar-refractivity contribution in [1.82, 2.24) is 0 Å². The Bertz CT molecular complexity index is 153. The Hall–Kier alpha value is 0.0649. The SMILES string of the molecule is [B]C(C)C1(C)CC1(C)CCC. The molecule has 62 valence electrons. The lowest BCUT2D eigenvalue weighted by Gasteiger charge is -2.22. The Morgan fingerprint density at radius 2 is 2.00 bits per heavy atom. The molecule has 0 bridgehead atoms. The van der Waals surface area contributed by atoms with Gasteiger partial charge in [0.2, 0.25) is 0 Å². The molecule has 11 heavy (non-hydrogen) atoms. The van der Waals surface area contributed by atoms with Crippen molar-refractivity contribution in [2.45, 2.75) is 52.8 Å². The molecule has 1 aliphatic carbocycles. The topological polar surface area (TPSA) is 0 Å². The zero-order valence-electron chi connectivity index (χ0n) is 8.28. The van der Waals surface area contributed by atoms with E-state index in [0.717, 1.165) is 0 Å². The third kappa shape index (κ3) is 1.23. The number of hydrogen-bond donors (Lipinski definition) is 0. The molecule has 0 aromatic heterocycles. The molecule has 0 N–H and O–H groups in total. The minimum atomic E-state index is 0.360. The van der Waals surface area contributed by atoms with Crippen molar-refractivity contribution >= 4 is 7.85 Å². The largest absolute Gasteiger partial charge is 0.0743 e. The van der Waals surface area contributed by atoms with Crippen LogP contribution in [0, 0.1) is 10.8 Å². The summed E-state index contributed by atoms with van der Waals surface area (Å²) in [4.78, 5) is 0. The van der Waals surface area contributed by atoms with Crippen LogP contribution in [0.2, 0.25) is 5.82 Å². The van der Waals surface area contributed by atoms with Crippen LogP contribution in [0.3, 0.4) is 0 Å². The van der Waals surface area contributed by atoms with E-state index in [1.165, 1.54) is 19.3 Å². The second-order valence-corrected chi connectivity index (χ2v) is 4.69. The Balaban J connectivity index is 2.56. The molecule has 0 saturated heterocycles. The molecule has 3 unspecified atom stereocenters. The first kappa shape index (κ1) is 9.16. The van der Waals surface area contributed by atoms with Gasteiger partial charge in [0.15, 0.2) is 0 Å². The molecular weight excluding hydrogens is 131 g/mol. The monoisotopic (exact) mass is 150 g/mol. The van der Waals surface area contributed by atoms with Crippen LogP contribution in [-0.4, -0.2) is 7.85 Å². The van der Waals surface area contributed by atoms with Crippen LogP contribution in [0.25, 0.3) is 0 Å². The molecule has 1 rings (SSSR count). The van der Waals surface area contributed by atoms with E-state index >= 15 is 0 Å². The quantitative estimate of drug-likeness (QED) is 0.542. The predicted molar refractivity (Wildman–Crippen MR) is 50.9 cm³/mol. The van der Waals surface area contributed by atoms with Gasteiger partial charge < -0.3 is 0 Å². The van der Waals surface area contributed by atoms with E-state index in [1.54, 1.807) is 0 Å². The van der Waals surface area contributed by atoms with Crippen molar-refractivity contribution in [2.24, 2.45) is 10.8 Å². The number of hydrogen-bond acceptors (Lipinski definition) is 0. The highest BCUT2D eigenvalue weighted by molar-refractivity contribution is 6.12. The molecule has 0 nitrogen and oxygen atoms in total. The first-order chi connectivity index (χ1) is 4.96. The van der Waals surface area contributed by atoms with E-state index in [4.69, 9.17) is 7.85 Å². The van der Waals surface area contributed by atoms with Gasteiger partial charge in [-0.2, -0.15) is 0 Å². The lowest BCUT2D eigenvalue weighted by atomic mass is 9.72. The molecule has 0 aromatic carbocycles. The van der Waals surface area contributed by atoms with Crippen LogP contribution < -0.4 is 0 Å². The van der Waals surface area contributed by atoms with Crippen LogP contribution in [-0.2, 0) is 0 Å². The average molecular weight is 150 g/mol. The summed E-state index contributed by atoms with van der Waals surface area (Å²) in [7, 11) is 5.94. The summed E-state index contributed by atoms with van der Waals surface area (Å²) in [5.74, 6) is 0.360. The van der Waals surface area contributed by atoms with E-state index in [9.17, 15) is 0 Å². The van der Waals surface area contributed by atoms with E-state index < -0.39 is 0 Å². The first-order valence-corrected chi connectivity index (χ1v) is 4.72. The summed E-state index contributed by atoms with van der Waals surface area (Å²) >= 11 is 0. The van der Waals surface area contributed by atoms with Crippen molar-refractivity contribution < 1.29 is 0 Å². The van der Waals surface area contributed by atoms with Crippen LogP contribution in [0.5, 0.6) is 0 Å². The maximum absolute atomic E-state index is 5.94. The zero-order chi connectivity index (χ0) is 8.70. The molecule has 1 heteroatoms. The third-order valence-corrected chi connectivity index (χ3v) is 3.82. The fourth-order valence-corrected chi connectivity index (χ4v) is 2.40. The molecule has 1 aliphatic rings. The summed E-state index contributed by atoms with van der Waals surface area (Å²) in [5.41, 5.74) is 0.985.